The Kier molecular flexibility index (Phi) is 7.39. The first-order chi connectivity index (χ1) is 9.13. The molecule has 1 fully saturated rings. The predicted molar refractivity (Wildman–Crippen MR) is 80.0 cm³/mol. The molecule has 0 aliphatic carbocycles. The first kappa shape index (κ1) is 16.4. The van der Waals surface area contributed by atoms with E-state index < -0.39 is 0 Å². The zero-order valence-electron chi connectivity index (χ0n) is 13.1. The molecule has 2 atom stereocenters. The van der Waals surface area contributed by atoms with Crippen molar-refractivity contribution in [2.24, 2.45) is 0 Å². The third kappa shape index (κ3) is 4.77. The van der Waals surface area contributed by atoms with E-state index in [2.05, 4.69) is 37.9 Å². The molecule has 0 aromatic heterocycles. The summed E-state index contributed by atoms with van der Waals surface area (Å²) < 4.78 is 0. The lowest BCUT2D eigenvalue weighted by atomic mass is 10.1. The number of carbonyl (C=O) groups excluding carboxylic acids is 1. The van der Waals surface area contributed by atoms with Crippen molar-refractivity contribution in [3.05, 3.63) is 0 Å². The minimum Gasteiger partial charge on any atom is -0.326 e. The van der Waals surface area contributed by atoms with Gasteiger partial charge in [-0.25, -0.2) is 0 Å². The zero-order chi connectivity index (χ0) is 14.3. The first-order valence-corrected chi connectivity index (χ1v) is 7.92. The quantitative estimate of drug-likeness (QED) is 0.696. The standard InChI is InChI=1S/C15H31N3O/c1-5-8-10-14-15(19)18(13(4)16-14)12-9-11-17(6-2)7-3/h13-14,16H,5-12H2,1-4H3. The molecule has 112 valence electrons. The first-order valence-electron chi connectivity index (χ1n) is 7.92. The highest BCUT2D eigenvalue weighted by atomic mass is 16.2. The van der Waals surface area contributed by atoms with Crippen LogP contribution in [0.1, 0.15) is 53.4 Å². The summed E-state index contributed by atoms with van der Waals surface area (Å²) in [7, 11) is 0. The van der Waals surface area contributed by atoms with E-state index in [0.29, 0.717) is 5.91 Å². The average Bonchev–Trinajstić information content (AvgIpc) is 2.68. The molecule has 4 nitrogen and oxygen atoms in total. The molecule has 0 aromatic carbocycles. The van der Waals surface area contributed by atoms with Gasteiger partial charge in [0.25, 0.3) is 0 Å². The molecular weight excluding hydrogens is 238 g/mol. The number of nitrogens with one attached hydrogen (secondary N) is 1. The zero-order valence-corrected chi connectivity index (χ0v) is 13.1. The van der Waals surface area contributed by atoms with Crippen molar-refractivity contribution >= 4 is 5.91 Å². The molecule has 1 saturated heterocycles. The van der Waals surface area contributed by atoms with Crippen LogP contribution >= 0.6 is 0 Å². The molecule has 0 saturated carbocycles. The minimum absolute atomic E-state index is 0.0587. The van der Waals surface area contributed by atoms with Gasteiger partial charge in [0.2, 0.25) is 5.91 Å². The third-order valence-electron chi connectivity index (χ3n) is 4.11. The van der Waals surface area contributed by atoms with Crippen molar-refractivity contribution < 1.29 is 4.79 Å². The molecule has 1 heterocycles. The maximum Gasteiger partial charge on any atom is 0.241 e. The number of carbonyl (C=O) groups is 1. The SMILES string of the molecule is CCCCC1NC(C)N(CCCN(CC)CC)C1=O. The summed E-state index contributed by atoms with van der Waals surface area (Å²) in [5.74, 6) is 0.306. The van der Waals surface area contributed by atoms with Crippen molar-refractivity contribution in [1.82, 2.24) is 15.1 Å². The van der Waals surface area contributed by atoms with E-state index in [1.54, 1.807) is 0 Å². The Morgan fingerprint density at radius 3 is 2.47 bits per heavy atom. The molecule has 0 bridgehead atoms. The molecule has 0 spiro atoms. The predicted octanol–water partition coefficient (Wildman–Crippen LogP) is 2.05. The summed E-state index contributed by atoms with van der Waals surface area (Å²) in [5.41, 5.74) is 0. The Morgan fingerprint density at radius 1 is 1.21 bits per heavy atom. The van der Waals surface area contributed by atoms with Crippen LogP contribution in [0.3, 0.4) is 0 Å². The number of rotatable bonds is 9. The van der Waals surface area contributed by atoms with Gasteiger partial charge in [-0.15, -0.1) is 0 Å². The van der Waals surface area contributed by atoms with Crippen LogP contribution in [0.2, 0.25) is 0 Å². The number of hydrogen-bond acceptors (Lipinski definition) is 3. The van der Waals surface area contributed by atoms with Gasteiger partial charge in [-0.05, 0) is 39.4 Å². The smallest absolute Gasteiger partial charge is 0.241 e. The van der Waals surface area contributed by atoms with Gasteiger partial charge < -0.3 is 9.80 Å². The Morgan fingerprint density at radius 2 is 1.89 bits per heavy atom. The lowest BCUT2D eigenvalue weighted by molar-refractivity contribution is -0.130. The molecule has 1 aliphatic heterocycles. The van der Waals surface area contributed by atoms with Gasteiger partial charge in [-0.1, -0.05) is 33.6 Å². The van der Waals surface area contributed by atoms with E-state index in [1.165, 1.54) is 0 Å². The van der Waals surface area contributed by atoms with E-state index in [9.17, 15) is 4.79 Å². The molecule has 1 amide bonds. The molecule has 4 heteroatoms. The van der Waals surface area contributed by atoms with Crippen LogP contribution in [-0.2, 0) is 4.79 Å². The van der Waals surface area contributed by atoms with Crippen molar-refractivity contribution in [3.8, 4) is 0 Å². The van der Waals surface area contributed by atoms with Gasteiger partial charge in [0.1, 0.15) is 0 Å². The number of nitrogens with zero attached hydrogens (tertiary/aromatic N) is 2. The van der Waals surface area contributed by atoms with Crippen LogP contribution in [0.25, 0.3) is 0 Å². The third-order valence-corrected chi connectivity index (χ3v) is 4.11. The monoisotopic (exact) mass is 269 g/mol. The Balaban J connectivity index is 2.35. The van der Waals surface area contributed by atoms with E-state index in [-0.39, 0.29) is 12.2 Å². The Bertz CT molecular complexity index is 266. The summed E-state index contributed by atoms with van der Waals surface area (Å²) in [5, 5.41) is 3.42. The highest BCUT2D eigenvalue weighted by molar-refractivity contribution is 5.84. The highest BCUT2D eigenvalue weighted by Crippen LogP contribution is 2.15. The summed E-state index contributed by atoms with van der Waals surface area (Å²) in [6.45, 7) is 12.8. The Hall–Kier alpha value is -0.610. The fourth-order valence-electron chi connectivity index (χ4n) is 2.77. The lowest BCUT2D eigenvalue weighted by Crippen LogP contribution is -2.37. The molecular formula is C15H31N3O. The maximum absolute atomic E-state index is 12.3. The van der Waals surface area contributed by atoms with E-state index in [1.807, 2.05) is 4.90 Å². The summed E-state index contributed by atoms with van der Waals surface area (Å²) >= 11 is 0. The average molecular weight is 269 g/mol. The molecule has 0 aromatic rings. The van der Waals surface area contributed by atoms with Gasteiger partial charge in [0.05, 0.1) is 12.2 Å². The van der Waals surface area contributed by atoms with Crippen molar-refractivity contribution in [2.75, 3.05) is 26.2 Å². The van der Waals surface area contributed by atoms with Crippen LogP contribution in [0, 0.1) is 0 Å². The largest absolute Gasteiger partial charge is 0.326 e. The van der Waals surface area contributed by atoms with Crippen LogP contribution in [-0.4, -0.2) is 54.1 Å². The Labute approximate surface area is 118 Å². The number of amides is 1. The fourth-order valence-corrected chi connectivity index (χ4v) is 2.77. The second kappa shape index (κ2) is 8.54. The van der Waals surface area contributed by atoms with Gasteiger partial charge in [-0.2, -0.15) is 0 Å². The highest BCUT2D eigenvalue weighted by Gasteiger charge is 2.35. The van der Waals surface area contributed by atoms with E-state index in [4.69, 9.17) is 0 Å². The second-order valence-electron chi connectivity index (χ2n) is 5.45. The van der Waals surface area contributed by atoms with Gasteiger partial charge >= 0.3 is 0 Å². The molecule has 1 rings (SSSR count). The van der Waals surface area contributed by atoms with E-state index >= 15 is 0 Å². The van der Waals surface area contributed by atoms with E-state index in [0.717, 1.165) is 51.9 Å². The molecule has 1 aliphatic rings. The summed E-state index contributed by atoms with van der Waals surface area (Å²) in [6, 6.07) is 0.0587. The summed E-state index contributed by atoms with van der Waals surface area (Å²) in [4.78, 5) is 16.7. The maximum atomic E-state index is 12.3. The fraction of sp³-hybridized carbons (Fsp3) is 0.933. The van der Waals surface area contributed by atoms with Gasteiger partial charge in [0.15, 0.2) is 0 Å². The van der Waals surface area contributed by atoms with Crippen LogP contribution in [0.5, 0.6) is 0 Å². The molecule has 1 N–H and O–H groups in total. The van der Waals surface area contributed by atoms with Crippen molar-refractivity contribution in [2.45, 2.75) is 65.6 Å². The van der Waals surface area contributed by atoms with Crippen LogP contribution < -0.4 is 5.32 Å². The van der Waals surface area contributed by atoms with Crippen LogP contribution in [0.15, 0.2) is 0 Å². The second-order valence-corrected chi connectivity index (χ2v) is 5.45. The topological polar surface area (TPSA) is 35.6 Å². The van der Waals surface area contributed by atoms with Gasteiger partial charge in [0, 0.05) is 6.54 Å². The molecule has 0 radical (unpaired) electrons. The van der Waals surface area contributed by atoms with Crippen molar-refractivity contribution in [3.63, 3.8) is 0 Å². The molecule has 19 heavy (non-hydrogen) atoms. The number of unbranched alkanes of at least 4 members (excludes halogenated alkanes) is 1. The lowest BCUT2D eigenvalue weighted by Gasteiger charge is -2.23. The normalized spacial score (nSPS) is 23.6. The summed E-state index contributed by atoms with van der Waals surface area (Å²) in [6.07, 6.45) is 4.53. The minimum atomic E-state index is 0.0587. The number of hydrogen-bond donors (Lipinski definition) is 1. The molecule has 2 unspecified atom stereocenters. The van der Waals surface area contributed by atoms with Gasteiger partial charge in [-0.3, -0.25) is 10.1 Å². The van der Waals surface area contributed by atoms with Crippen LogP contribution in [0.4, 0.5) is 0 Å². The van der Waals surface area contributed by atoms with Crippen molar-refractivity contribution in [1.29, 1.82) is 0 Å².